The van der Waals surface area contributed by atoms with E-state index in [1.54, 1.807) is 11.3 Å². The molecule has 0 fully saturated rings. The van der Waals surface area contributed by atoms with Crippen molar-refractivity contribution in [2.24, 2.45) is 0 Å². The summed E-state index contributed by atoms with van der Waals surface area (Å²) in [5.41, 5.74) is 1.40. The van der Waals surface area contributed by atoms with Crippen LogP contribution in [-0.4, -0.2) is 11.2 Å². The summed E-state index contributed by atoms with van der Waals surface area (Å²) < 4.78 is 1.14. The minimum absolute atomic E-state index is 0.246. The number of aliphatic hydroxyl groups is 1. The van der Waals surface area contributed by atoms with Crippen molar-refractivity contribution in [2.75, 3.05) is 0 Å². The van der Waals surface area contributed by atoms with E-state index in [4.69, 9.17) is 0 Å². The summed E-state index contributed by atoms with van der Waals surface area (Å²) >= 11 is 7.04. The van der Waals surface area contributed by atoms with E-state index >= 15 is 0 Å². The number of hydrogen-bond acceptors (Lipinski definition) is 3. The van der Waals surface area contributed by atoms with Gasteiger partial charge in [-0.2, -0.15) is 0 Å². The van der Waals surface area contributed by atoms with Gasteiger partial charge in [0.05, 0.1) is 9.89 Å². The molecule has 0 amide bonds. The Labute approximate surface area is 124 Å². The molecule has 0 radical (unpaired) electrons. The van der Waals surface area contributed by atoms with Crippen LogP contribution in [0.25, 0.3) is 0 Å². The highest BCUT2D eigenvalue weighted by atomic mass is 79.9. The van der Waals surface area contributed by atoms with Crippen molar-refractivity contribution in [3.05, 3.63) is 42.7 Å². The Morgan fingerprint density at radius 1 is 1.39 bits per heavy atom. The van der Waals surface area contributed by atoms with Gasteiger partial charge in [0.15, 0.2) is 0 Å². The molecule has 18 heavy (non-hydrogen) atoms. The van der Waals surface area contributed by atoms with Gasteiger partial charge in [0.2, 0.25) is 0 Å². The topological polar surface area (TPSA) is 20.2 Å². The van der Waals surface area contributed by atoms with Crippen LogP contribution in [0.1, 0.15) is 34.1 Å². The van der Waals surface area contributed by atoms with Gasteiger partial charge in [-0.05, 0) is 64.3 Å². The lowest BCUT2D eigenvalue weighted by Crippen LogP contribution is -2.23. The minimum atomic E-state index is -0.246. The van der Waals surface area contributed by atoms with Gasteiger partial charge in [-0.25, -0.2) is 0 Å². The summed E-state index contributed by atoms with van der Waals surface area (Å²) in [7, 11) is 0. The first-order valence-electron chi connectivity index (χ1n) is 6.22. The van der Waals surface area contributed by atoms with Gasteiger partial charge < -0.3 is 5.11 Å². The molecule has 3 rings (SSSR count). The molecule has 1 aliphatic rings. The summed E-state index contributed by atoms with van der Waals surface area (Å²) in [6.07, 6.45) is 4.06. The zero-order valence-electron chi connectivity index (χ0n) is 9.93. The summed E-state index contributed by atoms with van der Waals surface area (Å²) in [5, 5.41) is 12.7. The van der Waals surface area contributed by atoms with Crippen LogP contribution in [0, 0.1) is 0 Å². The molecule has 0 saturated carbocycles. The Balaban J connectivity index is 1.76. The zero-order chi connectivity index (χ0) is 12.5. The van der Waals surface area contributed by atoms with Crippen molar-refractivity contribution >= 4 is 38.6 Å². The second-order valence-electron chi connectivity index (χ2n) is 4.78. The molecule has 1 nitrogen and oxygen atoms in total. The van der Waals surface area contributed by atoms with Crippen LogP contribution in [0.2, 0.25) is 0 Å². The van der Waals surface area contributed by atoms with Gasteiger partial charge in [0, 0.05) is 22.1 Å². The molecule has 2 atom stereocenters. The SMILES string of the molecule is OC(Cc1ccc(Br)s1)C1CCCc2sccc21. The number of thiophene rings is 2. The molecule has 0 saturated heterocycles. The smallest absolute Gasteiger partial charge is 0.0701 e. The molecule has 0 aromatic carbocycles. The largest absolute Gasteiger partial charge is 0.392 e. The first-order valence-corrected chi connectivity index (χ1v) is 8.71. The Morgan fingerprint density at radius 3 is 3.06 bits per heavy atom. The fraction of sp³-hybridized carbons (Fsp3) is 0.429. The normalized spacial score (nSPS) is 20.7. The van der Waals surface area contributed by atoms with Crippen LogP contribution in [0.5, 0.6) is 0 Å². The third-order valence-corrected chi connectivity index (χ3v) is 6.24. The van der Waals surface area contributed by atoms with Crippen LogP contribution >= 0.6 is 38.6 Å². The molecule has 2 aromatic rings. The van der Waals surface area contributed by atoms with Crippen molar-refractivity contribution in [3.63, 3.8) is 0 Å². The molecule has 2 unspecified atom stereocenters. The first kappa shape index (κ1) is 12.9. The lowest BCUT2D eigenvalue weighted by molar-refractivity contribution is 0.136. The molecule has 2 heterocycles. The number of halogens is 1. The standard InChI is InChI=1S/C14H15BrOS2/c15-14-5-4-9(18-14)8-12(16)10-2-1-3-13-11(10)6-7-17-13/h4-7,10,12,16H,1-3,8H2. The van der Waals surface area contributed by atoms with Crippen molar-refractivity contribution in [1.29, 1.82) is 0 Å². The van der Waals surface area contributed by atoms with E-state index in [1.807, 2.05) is 11.3 Å². The van der Waals surface area contributed by atoms with Crippen LogP contribution in [0.15, 0.2) is 27.4 Å². The predicted octanol–water partition coefficient (Wildman–Crippen LogP) is 4.60. The highest BCUT2D eigenvalue weighted by Gasteiger charge is 2.27. The average Bonchev–Trinajstić information content (AvgIpc) is 2.97. The molecule has 0 bridgehead atoms. The second-order valence-corrected chi connectivity index (χ2v) is 8.32. The molecule has 1 N–H and O–H groups in total. The predicted molar refractivity (Wildman–Crippen MR) is 81.7 cm³/mol. The van der Waals surface area contributed by atoms with Crippen molar-refractivity contribution in [3.8, 4) is 0 Å². The lowest BCUT2D eigenvalue weighted by atomic mass is 9.82. The van der Waals surface area contributed by atoms with E-state index in [2.05, 4.69) is 39.5 Å². The molecular weight excluding hydrogens is 328 g/mol. The van der Waals surface area contributed by atoms with Gasteiger partial charge in [-0.3, -0.25) is 0 Å². The molecule has 2 aromatic heterocycles. The van der Waals surface area contributed by atoms with E-state index in [1.165, 1.54) is 28.2 Å². The van der Waals surface area contributed by atoms with Gasteiger partial charge in [-0.1, -0.05) is 0 Å². The van der Waals surface area contributed by atoms with Gasteiger partial charge >= 0.3 is 0 Å². The second kappa shape index (κ2) is 5.45. The number of hydrogen-bond donors (Lipinski definition) is 1. The molecule has 4 heteroatoms. The third kappa shape index (κ3) is 2.57. The van der Waals surface area contributed by atoms with E-state index in [0.717, 1.165) is 16.6 Å². The Bertz CT molecular complexity index is 531. The van der Waals surface area contributed by atoms with Crippen LogP contribution in [0.4, 0.5) is 0 Å². The highest BCUT2D eigenvalue weighted by molar-refractivity contribution is 9.11. The fourth-order valence-corrected chi connectivity index (χ4v) is 5.26. The quantitative estimate of drug-likeness (QED) is 0.864. The van der Waals surface area contributed by atoms with Crippen LogP contribution < -0.4 is 0 Å². The number of rotatable bonds is 3. The highest BCUT2D eigenvalue weighted by Crippen LogP contribution is 2.38. The Kier molecular flexibility index (Phi) is 3.89. The lowest BCUT2D eigenvalue weighted by Gasteiger charge is -2.27. The average molecular weight is 343 g/mol. The minimum Gasteiger partial charge on any atom is -0.392 e. The Hall–Kier alpha value is -0.160. The van der Waals surface area contributed by atoms with Crippen molar-refractivity contribution < 1.29 is 5.11 Å². The zero-order valence-corrected chi connectivity index (χ0v) is 13.2. The summed E-state index contributed by atoms with van der Waals surface area (Å²) in [6, 6.07) is 6.37. The monoisotopic (exact) mass is 342 g/mol. The number of aliphatic hydroxyl groups excluding tert-OH is 1. The van der Waals surface area contributed by atoms with Crippen molar-refractivity contribution in [2.45, 2.75) is 37.7 Å². The van der Waals surface area contributed by atoms with E-state index in [0.29, 0.717) is 5.92 Å². The molecule has 96 valence electrons. The van der Waals surface area contributed by atoms with E-state index in [-0.39, 0.29) is 6.10 Å². The van der Waals surface area contributed by atoms with E-state index in [9.17, 15) is 5.11 Å². The van der Waals surface area contributed by atoms with Crippen molar-refractivity contribution in [1.82, 2.24) is 0 Å². The third-order valence-electron chi connectivity index (χ3n) is 3.60. The van der Waals surface area contributed by atoms with Gasteiger partial charge in [0.25, 0.3) is 0 Å². The van der Waals surface area contributed by atoms with Crippen LogP contribution in [0.3, 0.4) is 0 Å². The number of aryl methyl sites for hydroxylation is 1. The summed E-state index contributed by atoms with van der Waals surface area (Å²) in [6.45, 7) is 0. The fourth-order valence-electron chi connectivity index (χ4n) is 2.73. The molecular formula is C14H15BrOS2. The maximum atomic E-state index is 10.5. The van der Waals surface area contributed by atoms with Crippen LogP contribution in [-0.2, 0) is 12.8 Å². The molecule has 0 aliphatic heterocycles. The Morgan fingerprint density at radius 2 is 2.28 bits per heavy atom. The maximum Gasteiger partial charge on any atom is 0.0701 e. The van der Waals surface area contributed by atoms with Gasteiger partial charge in [-0.15, -0.1) is 22.7 Å². The summed E-state index contributed by atoms with van der Waals surface area (Å²) in [5.74, 6) is 0.334. The molecule has 1 aliphatic carbocycles. The van der Waals surface area contributed by atoms with E-state index < -0.39 is 0 Å². The number of fused-ring (bicyclic) bond motifs is 1. The molecule has 0 spiro atoms. The van der Waals surface area contributed by atoms with Gasteiger partial charge in [0.1, 0.15) is 0 Å². The maximum absolute atomic E-state index is 10.5. The summed E-state index contributed by atoms with van der Waals surface area (Å²) in [4.78, 5) is 2.74. The first-order chi connectivity index (χ1) is 8.74.